The summed E-state index contributed by atoms with van der Waals surface area (Å²) in [7, 11) is 0. The second-order valence-electron chi connectivity index (χ2n) is 12.8. The van der Waals surface area contributed by atoms with E-state index >= 15 is 4.39 Å². The third-order valence-electron chi connectivity index (χ3n) is 8.12. The summed E-state index contributed by atoms with van der Waals surface area (Å²) in [6, 6.07) is 7.63. The van der Waals surface area contributed by atoms with Crippen molar-refractivity contribution >= 4 is 34.4 Å². The lowest BCUT2D eigenvalue weighted by Crippen LogP contribution is -2.54. The van der Waals surface area contributed by atoms with Crippen LogP contribution < -0.4 is 10.6 Å². The van der Waals surface area contributed by atoms with Gasteiger partial charge in [0.25, 0.3) is 0 Å². The van der Waals surface area contributed by atoms with Gasteiger partial charge in [-0.1, -0.05) is 58.0 Å². The van der Waals surface area contributed by atoms with Crippen molar-refractivity contribution in [1.29, 1.82) is 0 Å². The largest absolute Gasteiger partial charge is 0.382 e. The molecular formula is C34H39ClFN7O3. The lowest BCUT2D eigenvalue weighted by Gasteiger charge is -2.40. The van der Waals surface area contributed by atoms with E-state index in [9.17, 15) is 14.7 Å². The molecule has 0 unspecified atom stereocenters. The summed E-state index contributed by atoms with van der Waals surface area (Å²) in [6.45, 7) is 17.7. The lowest BCUT2D eigenvalue weighted by molar-refractivity contribution is -0.126. The molecule has 0 aliphatic carbocycles. The van der Waals surface area contributed by atoms with Gasteiger partial charge < -0.3 is 14.9 Å². The van der Waals surface area contributed by atoms with Crippen LogP contribution in [-0.4, -0.2) is 66.1 Å². The Labute approximate surface area is 272 Å². The van der Waals surface area contributed by atoms with Crippen molar-refractivity contribution in [3.63, 3.8) is 0 Å². The Morgan fingerprint density at radius 3 is 2.26 bits per heavy atom. The smallest absolute Gasteiger partial charge is 0.355 e. The Morgan fingerprint density at radius 2 is 1.72 bits per heavy atom. The van der Waals surface area contributed by atoms with Crippen molar-refractivity contribution in [2.45, 2.75) is 71.9 Å². The predicted molar refractivity (Wildman–Crippen MR) is 178 cm³/mol. The van der Waals surface area contributed by atoms with Gasteiger partial charge in [0.1, 0.15) is 17.2 Å². The summed E-state index contributed by atoms with van der Waals surface area (Å²) < 4.78 is 16.5. The number of amides is 1. The zero-order valence-corrected chi connectivity index (χ0v) is 27.9. The molecule has 1 aliphatic heterocycles. The molecule has 1 aromatic carbocycles. The van der Waals surface area contributed by atoms with Crippen LogP contribution in [0.2, 0.25) is 5.02 Å². The minimum Gasteiger partial charge on any atom is -0.382 e. The van der Waals surface area contributed by atoms with Crippen molar-refractivity contribution in [2.24, 2.45) is 0 Å². The lowest BCUT2D eigenvalue weighted by atomic mass is 9.99. The van der Waals surface area contributed by atoms with Gasteiger partial charge in [0.05, 0.1) is 33.2 Å². The Morgan fingerprint density at radius 1 is 1.09 bits per heavy atom. The predicted octanol–water partition coefficient (Wildman–Crippen LogP) is 5.73. The monoisotopic (exact) mass is 647 g/mol. The van der Waals surface area contributed by atoms with Crippen molar-refractivity contribution in [1.82, 2.24) is 29.4 Å². The SMILES string of the molecule is C=CC(=O)N1CCN(c2nc(=O)n(-c3c(C(C)C)nc(C(C)(C)O)nc3C(C)C)c3nc(-c4ccccc4F)c(Cl)cc23)[C@@H](C)C1. The maximum absolute atomic E-state index is 15.1. The van der Waals surface area contributed by atoms with Crippen LogP contribution in [0, 0.1) is 5.82 Å². The maximum atomic E-state index is 15.1. The molecule has 0 saturated carbocycles. The van der Waals surface area contributed by atoms with Crippen LogP contribution in [0.15, 0.2) is 47.8 Å². The number of aromatic nitrogens is 5. The molecule has 4 aromatic rings. The molecule has 0 bridgehead atoms. The number of halogens is 2. The third kappa shape index (κ3) is 6.01. The fourth-order valence-corrected chi connectivity index (χ4v) is 6.02. The first-order chi connectivity index (χ1) is 21.6. The Kier molecular flexibility index (Phi) is 9.03. The molecule has 0 spiro atoms. The summed E-state index contributed by atoms with van der Waals surface area (Å²) in [6.07, 6.45) is 1.29. The Hall–Kier alpha value is -4.22. The van der Waals surface area contributed by atoms with Crippen molar-refractivity contribution in [2.75, 3.05) is 24.5 Å². The van der Waals surface area contributed by atoms with Gasteiger partial charge in [0, 0.05) is 31.2 Å². The van der Waals surface area contributed by atoms with E-state index in [1.165, 1.54) is 16.7 Å². The fourth-order valence-electron chi connectivity index (χ4n) is 5.77. The van der Waals surface area contributed by atoms with Crippen LogP contribution in [0.3, 0.4) is 0 Å². The second-order valence-corrected chi connectivity index (χ2v) is 13.2. The van der Waals surface area contributed by atoms with Gasteiger partial charge in [0.15, 0.2) is 11.5 Å². The molecule has 1 saturated heterocycles. The number of hydrogen-bond acceptors (Lipinski definition) is 8. The number of nitrogens with zero attached hydrogens (tertiary/aromatic N) is 7. The van der Waals surface area contributed by atoms with Crippen molar-refractivity contribution in [3.05, 3.63) is 81.5 Å². The summed E-state index contributed by atoms with van der Waals surface area (Å²) in [5, 5.41) is 11.5. The van der Waals surface area contributed by atoms with Gasteiger partial charge in [-0.3, -0.25) is 4.79 Å². The van der Waals surface area contributed by atoms with Gasteiger partial charge in [0.2, 0.25) is 5.91 Å². The molecule has 10 nitrogen and oxygen atoms in total. The molecule has 3 aromatic heterocycles. The molecule has 1 fully saturated rings. The third-order valence-corrected chi connectivity index (χ3v) is 8.41. The van der Waals surface area contributed by atoms with Crippen LogP contribution in [0.5, 0.6) is 0 Å². The molecular weight excluding hydrogens is 609 g/mol. The van der Waals surface area contributed by atoms with E-state index < -0.39 is 17.1 Å². The zero-order chi connectivity index (χ0) is 33.7. The van der Waals surface area contributed by atoms with Gasteiger partial charge in [-0.25, -0.2) is 28.7 Å². The van der Waals surface area contributed by atoms with Gasteiger partial charge >= 0.3 is 5.69 Å². The molecule has 0 radical (unpaired) electrons. The molecule has 242 valence electrons. The highest BCUT2D eigenvalue weighted by atomic mass is 35.5. The number of rotatable bonds is 7. The number of carbonyl (C=O) groups is 1. The quantitative estimate of drug-likeness (QED) is 0.253. The molecule has 1 atom stereocenters. The van der Waals surface area contributed by atoms with E-state index in [1.807, 2.05) is 39.5 Å². The molecule has 1 N–H and O–H groups in total. The number of piperazine rings is 1. The Bertz CT molecular complexity index is 1870. The number of anilines is 1. The molecule has 46 heavy (non-hydrogen) atoms. The normalized spacial score (nSPS) is 15.7. The highest BCUT2D eigenvalue weighted by molar-refractivity contribution is 6.33. The molecule has 1 amide bonds. The van der Waals surface area contributed by atoms with Crippen LogP contribution in [-0.2, 0) is 10.4 Å². The fraction of sp³-hybridized carbons (Fsp3) is 0.412. The van der Waals surface area contributed by atoms with E-state index in [4.69, 9.17) is 26.6 Å². The summed E-state index contributed by atoms with van der Waals surface area (Å²) in [5.41, 5.74) is 0.0591. The number of fused-ring (bicyclic) bond motifs is 1. The number of hydrogen-bond donors (Lipinski definition) is 1. The van der Waals surface area contributed by atoms with Crippen molar-refractivity contribution < 1.29 is 14.3 Å². The standard InChI is InChI=1S/C34H39ClFN7O3/c1-9-25(44)41-14-15-42(20(6)17-41)30-22-16-23(35)28(21-12-10-11-13-24(21)36)37-31(22)43(33(45)40-30)29-26(18(2)3)38-32(34(7,8)46)39-27(29)19(4)5/h9-13,16,18-20,46H,1,14-15,17H2,2-8H3/t20-/m0/s1. The van der Waals surface area contributed by atoms with Gasteiger partial charge in [-0.2, -0.15) is 4.98 Å². The van der Waals surface area contributed by atoms with Crippen LogP contribution in [0.25, 0.3) is 28.0 Å². The van der Waals surface area contributed by atoms with Gasteiger partial charge in [-0.15, -0.1) is 0 Å². The number of carbonyl (C=O) groups excluding carboxylic acids is 1. The van der Waals surface area contributed by atoms with E-state index in [1.54, 1.807) is 43.0 Å². The first-order valence-electron chi connectivity index (χ1n) is 15.3. The molecule has 1 aliphatic rings. The summed E-state index contributed by atoms with van der Waals surface area (Å²) in [5.74, 6) is -0.473. The average molecular weight is 648 g/mol. The maximum Gasteiger partial charge on any atom is 0.355 e. The highest BCUT2D eigenvalue weighted by Gasteiger charge is 2.32. The molecule has 12 heteroatoms. The van der Waals surface area contributed by atoms with E-state index in [0.717, 1.165) is 0 Å². The average Bonchev–Trinajstić information content (AvgIpc) is 2.99. The number of benzene rings is 1. The first-order valence-corrected chi connectivity index (χ1v) is 15.7. The van der Waals surface area contributed by atoms with E-state index in [-0.39, 0.29) is 51.5 Å². The van der Waals surface area contributed by atoms with Crippen LogP contribution in [0.1, 0.15) is 77.5 Å². The first kappa shape index (κ1) is 33.2. The molecule has 5 rings (SSSR count). The van der Waals surface area contributed by atoms with E-state index in [2.05, 4.69) is 11.6 Å². The van der Waals surface area contributed by atoms with Crippen LogP contribution >= 0.6 is 11.6 Å². The topological polar surface area (TPSA) is 117 Å². The highest BCUT2D eigenvalue weighted by Crippen LogP contribution is 2.37. The Balaban J connectivity index is 1.88. The second kappa shape index (κ2) is 12.5. The summed E-state index contributed by atoms with van der Waals surface area (Å²) in [4.78, 5) is 49.4. The minimum absolute atomic E-state index is 0.165. The summed E-state index contributed by atoms with van der Waals surface area (Å²) >= 11 is 6.83. The molecule has 4 heterocycles. The minimum atomic E-state index is -1.34. The van der Waals surface area contributed by atoms with Gasteiger partial charge in [-0.05, 0) is 56.9 Å². The van der Waals surface area contributed by atoms with Crippen molar-refractivity contribution in [3.8, 4) is 16.9 Å². The number of pyridine rings is 1. The van der Waals surface area contributed by atoms with E-state index in [0.29, 0.717) is 47.9 Å². The van der Waals surface area contributed by atoms with Crippen LogP contribution in [0.4, 0.5) is 10.2 Å². The number of aliphatic hydroxyl groups is 1. The zero-order valence-electron chi connectivity index (χ0n) is 27.2.